The van der Waals surface area contributed by atoms with Crippen molar-refractivity contribution in [2.24, 2.45) is 0 Å². The van der Waals surface area contributed by atoms with E-state index in [2.05, 4.69) is 10.6 Å². The number of ether oxygens (including phenoxy) is 1. The van der Waals surface area contributed by atoms with Crippen LogP contribution in [0.3, 0.4) is 0 Å². The minimum atomic E-state index is -0.313. The number of rotatable bonds is 4. The molecule has 0 bridgehead atoms. The molecule has 1 aliphatic rings. The number of anilines is 2. The van der Waals surface area contributed by atoms with Gasteiger partial charge in [-0.15, -0.1) is 0 Å². The van der Waals surface area contributed by atoms with Crippen molar-refractivity contribution in [3.8, 4) is 6.07 Å². The lowest BCUT2D eigenvalue weighted by Gasteiger charge is -2.35. The molecule has 0 radical (unpaired) electrons. The summed E-state index contributed by atoms with van der Waals surface area (Å²) < 4.78 is 5.61. The minimum absolute atomic E-state index is 0.0345. The van der Waals surface area contributed by atoms with Gasteiger partial charge in [0.2, 0.25) is 5.91 Å². The molecule has 1 fully saturated rings. The maximum Gasteiger partial charge on any atom is 0.266 e. The third kappa shape index (κ3) is 5.33. The molecule has 2 unspecified atom stereocenters. The average molecular weight is 342 g/mol. The first kappa shape index (κ1) is 18.5. The quantitative estimate of drug-likeness (QED) is 0.645. The van der Waals surface area contributed by atoms with Gasteiger partial charge in [0.05, 0.1) is 12.2 Å². The molecule has 1 heterocycles. The van der Waals surface area contributed by atoms with Crippen LogP contribution >= 0.6 is 0 Å². The Hall–Kier alpha value is -2.85. The first-order valence-corrected chi connectivity index (χ1v) is 8.08. The van der Waals surface area contributed by atoms with E-state index in [-0.39, 0.29) is 29.6 Å². The van der Waals surface area contributed by atoms with Crippen LogP contribution in [0.25, 0.3) is 0 Å². The van der Waals surface area contributed by atoms with Crippen molar-refractivity contribution >= 4 is 23.2 Å². The minimum Gasteiger partial charge on any atom is -0.372 e. The molecule has 2 atom stereocenters. The highest BCUT2D eigenvalue weighted by Gasteiger charge is 2.27. The number of nitrogens with one attached hydrogen (secondary N) is 2. The summed E-state index contributed by atoms with van der Waals surface area (Å²) in [6.45, 7) is 6.18. The Morgan fingerprint density at radius 3 is 2.28 bits per heavy atom. The first-order valence-electron chi connectivity index (χ1n) is 8.08. The lowest BCUT2D eigenvalue weighted by atomic mass is 10.2. The second kappa shape index (κ2) is 8.31. The fraction of sp³-hybridized carbons (Fsp3) is 0.389. The van der Waals surface area contributed by atoms with Crippen LogP contribution in [0.1, 0.15) is 20.8 Å². The Balaban J connectivity index is 2.03. The molecule has 1 aromatic carbocycles. The molecular weight excluding hydrogens is 320 g/mol. The molecule has 1 aliphatic heterocycles. The number of carbonyl (C=O) groups excluding carboxylic acids is 2. The maximum atomic E-state index is 12.5. The molecule has 2 amide bonds. The zero-order chi connectivity index (χ0) is 18.4. The van der Waals surface area contributed by atoms with Crippen molar-refractivity contribution in [1.82, 2.24) is 4.90 Å². The molecule has 0 saturated carbocycles. The van der Waals surface area contributed by atoms with Gasteiger partial charge in [-0.25, -0.2) is 0 Å². The number of amides is 2. The lowest BCUT2D eigenvalue weighted by molar-refractivity contribution is -0.138. The monoisotopic (exact) mass is 342 g/mol. The molecule has 7 heteroatoms. The van der Waals surface area contributed by atoms with E-state index in [1.807, 2.05) is 19.9 Å². The van der Waals surface area contributed by atoms with Crippen molar-refractivity contribution in [2.45, 2.75) is 33.0 Å². The van der Waals surface area contributed by atoms with E-state index in [0.717, 1.165) is 0 Å². The van der Waals surface area contributed by atoms with E-state index in [1.54, 1.807) is 29.2 Å². The number of benzene rings is 1. The van der Waals surface area contributed by atoms with Crippen LogP contribution in [-0.2, 0) is 14.3 Å². The second-order valence-electron chi connectivity index (χ2n) is 6.04. The van der Waals surface area contributed by atoms with E-state index < -0.39 is 0 Å². The van der Waals surface area contributed by atoms with Gasteiger partial charge in [0.1, 0.15) is 11.6 Å². The highest BCUT2D eigenvalue weighted by atomic mass is 16.5. The normalized spacial score (nSPS) is 20.6. The molecule has 1 aromatic rings. The molecule has 2 N–H and O–H groups in total. The fourth-order valence-electron chi connectivity index (χ4n) is 2.66. The lowest BCUT2D eigenvalue weighted by Crippen LogP contribution is -2.48. The van der Waals surface area contributed by atoms with Gasteiger partial charge in [-0.2, -0.15) is 5.26 Å². The molecular formula is C18H22N4O3. The summed E-state index contributed by atoms with van der Waals surface area (Å²) in [5.41, 5.74) is 1.42. The zero-order valence-electron chi connectivity index (χ0n) is 14.6. The smallest absolute Gasteiger partial charge is 0.266 e. The van der Waals surface area contributed by atoms with Crippen molar-refractivity contribution < 1.29 is 14.3 Å². The Labute approximate surface area is 147 Å². The number of nitriles is 1. The first-order chi connectivity index (χ1) is 11.9. The van der Waals surface area contributed by atoms with E-state index >= 15 is 0 Å². The Kier molecular flexibility index (Phi) is 6.14. The second-order valence-corrected chi connectivity index (χ2v) is 6.04. The van der Waals surface area contributed by atoms with Crippen LogP contribution in [0.5, 0.6) is 0 Å². The Bertz CT molecular complexity index is 696. The van der Waals surface area contributed by atoms with Gasteiger partial charge in [-0.05, 0) is 38.1 Å². The highest BCUT2D eigenvalue weighted by Crippen LogP contribution is 2.16. The highest BCUT2D eigenvalue weighted by molar-refractivity contribution is 5.97. The van der Waals surface area contributed by atoms with Crippen molar-refractivity contribution in [3.05, 3.63) is 36.0 Å². The van der Waals surface area contributed by atoms with E-state index in [9.17, 15) is 14.9 Å². The summed E-state index contributed by atoms with van der Waals surface area (Å²) in [4.78, 5) is 25.1. The molecule has 0 aromatic heterocycles. The van der Waals surface area contributed by atoms with Crippen molar-refractivity contribution in [1.29, 1.82) is 5.26 Å². The molecule has 0 aliphatic carbocycles. The number of hydrogen-bond donors (Lipinski definition) is 2. The number of morpholine rings is 1. The predicted molar refractivity (Wildman–Crippen MR) is 94.7 cm³/mol. The van der Waals surface area contributed by atoms with Gasteiger partial charge in [-0.3, -0.25) is 9.59 Å². The molecule has 1 saturated heterocycles. The topological polar surface area (TPSA) is 94.5 Å². The van der Waals surface area contributed by atoms with E-state index in [1.165, 1.54) is 13.1 Å². The Morgan fingerprint density at radius 1 is 1.20 bits per heavy atom. The maximum absolute atomic E-state index is 12.5. The van der Waals surface area contributed by atoms with Crippen LogP contribution in [0.2, 0.25) is 0 Å². The molecule has 25 heavy (non-hydrogen) atoms. The molecule has 2 rings (SSSR count). The predicted octanol–water partition coefficient (Wildman–Crippen LogP) is 2.10. The SMILES string of the molecule is CC(=O)Nc1ccc(N/C=C(/C#N)C(=O)N2CC(C)OC(C)C2)cc1. The molecule has 7 nitrogen and oxygen atoms in total. The van der Waals surface area contributed by atoms with Crippen LogP contribution in [0.15, 0.2) is 36.0 Å². The van der Waals surface area contributed by atoms with Gasteiger partial charge in [-0.1, -0.05) is 0 Å². The summed E-state index contributed by atoms with van der Waals surface area (Å²) in [6.07, 6.45) is 1.30. The zero-order valence-corrected chi connectivity index (χ0v) is 14.6. The fourth-order valence-corrected chi connectivity index (χ4v) is 2.66. The summed E-state index contributed by atoms with van der Waals surface area (Å²) in [5.74, 6) is -0.459. The third-order valence-electron chi connectivity index (χ3n) is 3.65. The molecule has 0 spiro atoms. The summed E-state index contributed by atoms with van der Waals surface area (Å²) in [5, 5.41) is 14.9. The van der Waals surface area contributed by atoms with Gasteiger partial charge in [0.15, 0.2) is 0 Å². The standard InChI is InChI=1S/C18H22N4O3/c1-12-10-22(11-13(2)25-12)18(24)15(8-19)9-20-16-4-6-17(7-5-16)21-14(3)23/h4-7,9,12-13,20H,10-11H2,1-3H3,(H,21,23)/b15-9-. The van der Waals surface area contributed by atoms with Gasteiger partial charge in [0.25, 0.3) is 5.91 Å². The third-order valence-corrected chi connectivity index (χ3v) is 3.65. The van der Waals surface area contributed by atoms with Gasteiger partial charge < -0.3 is 20.3 Å². The van der Waals surface area contributed by atoms with Crippen LogP contribution in [0, 0.1) is 11.3 Å². The van der Waals surface area contributed by atoms with Crippen molar-refractivity contribution in [2.75, 3.05) is 23.7 Å². The number of carbonyl (C=O) groups is 2. The summed E-state index contributed by atoms with van der Waals surface area (Å²) in [7, 11) is 0. The largest absolute Gasteiger partial charge is 0.372 e. The van der Waals surface area contributed by atoms with E-state index in [0.29, 0.717) is 24.5 Å². The van der Waals surface area contributed by atoms with E-state index in [4.69, 9.17) is 4.74 Å². The number of nitrogens with zero attached hydrogens (tertiary/aromatic N) is 2. The molecule has 132 valence electrons. The van der Waals surface area contributed by atoms with Crippen LogP contribution in [0.4, 0.5) is 11.4 Å². The van der Waals surface area contributed by atoms with Crippen LogP contribution in [-0.4, -0.2) is 42.0 Å². The van der Waals surface area contributed by atoms with Gasteiger partial charge in [0, 0.05) is 37.6 Å². The number of hydrogen-bond acceptors (Lipinski definition) is 5. The summed E-state index contributed by atoms with van der Waals surface area (Å²) >= 11 is 0. The van der Waals surface area contributed by atoms with Crippen LogP contribution < -0.4 is 10.6 Å². The van der Waals surface area contributed by atoms with Gasteiger partial charge >= 0.3 is 0 Å². The van der Waals surface area contributed by atoms with Crippen molar-refractivity contribution in [3.63, 3.8) is 0 Å². The average Bonchev–Trinajstić information content (AvgIpc) is 2.55. The Morgan fingerprint density at radius 2 is 1.76 bits per heavy atom. The summed E-state index contributed by atoms with van der Waals surface area (Å²) in [6, 6.07) is 8.91.